The minimum atomic E-state index is -0.674. The summed E-state index contributed by atoms with van der Waals surface area (Å²) < 4.78 is 10.8. The zero-order valence-corrected chi connectivity index (χ0v) is 18.7. The van der Waals surface area contributed by atoms with Gasteiger partial charge < -0.3 is 19.7 Å². The highest BCUT2D eigenvalue weighted by Crippen LogP contribution is 2.34. The number of rotatable bonds is 8. The third-order valence-corrected chi connectivity index (χ3v) is 5.47. The topological polar surface area (TPSA) is 80.8 Å². The zero-order valence-electron chi connectivity index (χ0n) is 18.7. The number of fused-ring (bicyclic) bond motifs is 1. The highest BCUT2D eigenvalue weighted by molar-refractivity contribution is 5.97. The van der Waals surface area contributed by atoms with Crippen LogP contribution in [-0.4, -0.2) is 34.5 Å². The van der Waals surface area contributed by atoms with E-state index >= 15 is 0 Å². The summed E-state index contributed by atoms with van der Waals surface area (Å²) in [5.74, 6) is 0.736. The number of anilines is 1. The van der Waals surface area contributed by atoms with Crippen molar-refractivity contribution in [2.45, 2.75) is 32.9 Å². The Kier molecular flexibility index (Phi) is 6.88. The molecule has 0 unspecified atom stereocenters. The van der Waals surface area contributed by atoms with Crippen molar-refractivity contribution >= 4 is 17.5 Å². The Morgan fingerprint density at radius 2 is 1.76 bits per heavy atom. The molecule has 0 bridgehead atoms. The number of aromatic nitrogens is 1. The molecule has 4 rings (SSSR count). The van der Waals surface area contributed by atoms with Gasteiger partial charge in [0, 0.05) is 30.7 Å². The van der Waals surface area contributed by atoms with E-state index in [-0.39, 0.29) is 37.5 Å². The van der Waals surface area contributed by atoms with Crippen molar-refractivity contribution in [3.05, 3.63) is 84.2 Å². The number of carbonyl (C=O) groups excluding carboxylic acids is 2. The summed E-state index contributed by atoms with van der Waals surface area (Å²) >= 11 is 0. The molecular weight excluding hydrogens is 418 g/mol. The molecule has 0 spiro atoms. The van der Waals surface area contributed by atoms with E-state index in [1.165, 1.54) is 0 Å². The van der Waals surface area contributed by atoms with Gasteiger partial charge in [-0.1, -0.05) is 50.2 Å². The van der Waals surface area contributed by atoms with Gasteiger partial charge in [0.1, 0.15) is 6.04 Å². The molecule has 1 aliphatic heterocycles. The molecule has 2 amide bonds. The number of nitrogens with one attached hydrogen (secondary N) is 1. The average molecular weight is 446 g/mol. The molecule has 1 aliphatic rings. The van der Waals surface area contributed by atoms with Crippen LogP contribution >= 0.6 is 0 Å². The van der Waals surface area contributed by atoms with Crippen LogP contribution in [0.1, 0.15) is 25.0 Å². The normalized spacial score (nSPS) is 12.9. The quantitative estimate of drug-likeness (QED) is 0.566. The fourth-order valence-corrected chi connectivity index (χ4v) is 3.90. The summed E-state index contributed by atoms with van der Waals surface area (Å²) in [7, 11) is 0. The van der Waals surface area contributed by atoms with Crippen LogP contribution in [-0.2, 0) is 22.6 Å². The summed E-state index contributed by atoms with van der Waals surface area (Å²) in [4.78, 5) is 32.7. The Morgan fingerprint density at radius 3 is 2.48 bits per heavy atom. The lowest BCUT2D eigenvalue weighted by Crippen LogP contribution is -2.50. The van der Waals surface area contributed by atoms with Gasteiger partial charge in [-0.25, -0.2) is 0 Å². The molecule has 0 radical (unpaired) electrons. The third kappa shape index (κ3) is 5.49. The predicted molar refractivity (Wildman–Crippen MR) is 125 cm³/mol. The summed E-state index contributed by atoms with van der Waals surface area (Å²) in [6.07, 6.45) is 3.61. The number of ether oxygens (including phenoxy) is 2. The second-order valence-electron chi connectivity index (χ2n) is 8.29. The maximum absolute atomic E-state index is 13.5. The number of hydrogen-bond donors (Lipinski definition) is 1. The fourth-order valence-electron chi connectivity index (χ4n) is 3.90. The second kappa shape index (κ2) is 10.2. The van der Waals surface area contributed by atoms with Crippen LogP contribution in [0.15, 0.2) is 73.1 Å². The molecule has 0 saturated heterocycles. The molecule has 7 heteroatoms. The summed E-state index contributed by atoms with van der Waals surface area (Å²) in [5, 5.41) is 2.95. The minimum Gasteiger partial charge on any atom is -0.454 e. The SMILES string of the molecule is CC(C)[C@H](C(=O)Nc1ccc2c(c1)OCO2)N(Cc1cccnc1)C(=O)Cc1ccccc1. The summed E-state index contributed by atoms with van der Waals surface area (Å²) in [6.45, 7) is 4.33. The fraction of sp³-hybridized carbons (Fsp3) is 0.269. The van der Waals surface area contributed by atoms with Crippen molar-refractivity contribution in [1.82, 2.24) is 9.88 Å². The number of benzene rings is 2. The highest BCUT2D eigenvalue weighted by atomic mass is 16.7. The van der Waals surface area contributed by atoms with E-state index in [0.717, 1.165) is 11.1 Å². The van der Waals surface area contributed by atoms with Gasteiger partial charge in [-0.15, -0.1) is 0 Å². The molecule has 170 valence electrons. The Hall–Kier alpha value is -3.87. The van der Waals surface area contributed by atoms with E-state index in [1.807, 2.05) is 56.3 Å². The van der Waals surface area contributed by atoms with E-state index in [0.29, 0.717) is 17.2 Å². The van der Waals surface area contributed by atoms with Gasteiger partial charge in [-0.3, -0.25) is 14.6 Å². The standard InChI is InChI=1S/C26H27N3O4/c1-18(2)25(26(31)28-21-10-11-22-23(14-21)33-17-32-22)29(16-20-9-6-12-27-15-20)24(30)13-19-7-4-3-5-8-19/h3-12,14-15,18,25H,13,16-17H2,1-2H3,(H,28,31)/t25-/m1/s1. The van der Waals surface area contributed by atoms with Gasteiger partial charge in [-0.05, 0) is 35.2 Å². The molecule has 2 heterocycles. The van der Waals surface area contributed by atoms with Gasteiger partial charge in [0.25, 0.3) is 0 Å². The minimum absolute atomic E-state index is 0.115. The lowest BCUT2D eigenvalue weighted by Gasteiger charge is -2.33. The van der Waals surface area contributed by atoms with E-state index in [9.17, 15) is 9.59 Å². The van der Waals surface area contributed by atoms with Gasteiger partial charge in [0.2, 0.25) is 18.6 Å². The van der Waals surface area contributed by atoms with Crippen molar-refractivity contribution in [3.63, 3.8) is 0 Å². The van der Waals surface area contributed by atoms with Crippen molar-refractivity contribution in [2.24, 2.45) is 5.92 Å². The Bertz CT molecular complexity index is 1100. The molecule has 0 saturated carbocycles. The van der Waals surface area contributed by atoms with E-state index in [2.05, 4.69) is 10.3 Å². The van der Waals surface area contributed by atoms with Crippen LogP contribution in [0.2, 0.25) is 0 Å². The van der Waals surface area contributed by atoms with Crippen LogP contribution in [0.4, 0.5) is 5.69 Å². The number of pyridine rings is 1. The molecule has 0 aliphatic carbocycles. The van der Waals surface area contributed by atoms with Crippen molar-refractivity contribution in [1.29, 1.82) is 0 Å². The summed E-state index contributed by atoms with van der Waals surface area (Å²) in [5.41, 5.74) is 2.35. The highest BCUT2D eigenvalue weighted by Gasteiger charge is 2.33. The number of carbonyl (C=O) groups is 2. The molecule has 2 aromatic carbocycles. The molecule has 1 atom stereocenters. The van der Waals surface area contributed by atoms with E-state index in [4.69, 9.17) is 9.47 Å². The first-order chi connectivity index (χ1) is 16.0. The van der Waals surface area contributed by atoms with Crippen molar-refractivity contribution in [2.75, 3.05) is 12.1 Å². The van der Waals surface area contributed by atoms with Gasteiger partial charge in [0.05, 0.1) is 6.42 Å². The maximum atomic E-state index is 13.5. The Morgan fingerprint density at radius 1 is 1.00 bits per heavy atom. The predicted octanol–water partition coefficient (Wildman–Crippen LogP) is 4.04. The number of hydrogen-bond acceptors (Lipinski definition) is 5. The Labute approximate surface area is 193 Å². The number of nitrogens with zero attached hydrogens (tertiary/aromatic N) is 2. The molecule has 3 aromatic rings. The molecule has 1 aromatic heterocycles. The molecular formula is C26H27N3O4. The zero-order chi connectivity index (χ0) is 23.2. The van der Waals surface area contributed by atoms with Crippen LogP contribution < -0.4 is 14.8 Å². The van der Waals surface area contributed by atoms with E-state index < -0.39 is 6.04 Å². The lowest BCUT2D eigenvalue weighted by atomic mass is 9.99. The molecule has 33 heavy (non-hydrogen) atoms. The first kappa shape index (κ1) is 22.3. The van der Waals surface area contributed by atoms with Gasteiger partial charge in [0.15, 0.2) is 11.5 Å². The maximum Gasteiger partial charge on any atom is 0.247 e. The number of amides is 2. The molecule has 0 fully saturated rings. The van der Waals surface area contributed by atoms with Crippen LogP contribution in [0.3, 0.4) is 0 Å². The van der Waals surface area contributed by atoms with Gasteiger partial charge >= 0.3 is 0 Å². The Balaban J connectivity index is 1.59. The monoisotopic (exact) mass is 445 g/mol. The van der Waals surface area contributed by atoms with Gasteiger partial charge in [-0.2, -0.15) is 0 Å². The second-order valence-corrected chi connectivity index (χ2v) is 8.29. The lowest BCUT2D eigenvalue weighted by molar-refractivity contribution is -0.140. The third-order valence-electron chi connectivity index (χ3n) is 5.47. The molecule has 1 N–H and O–H groups in total. The first-order valence-corrected chi connectivity index (χ1v) is 10.9. The van der Waals surface area contributed by atoms with E-state index in [1.54, 1.807) is 35.5 Å². The summed E-state index contributed by atoms with van der Waals surface area (Å²) in [6, 6.07) is 17.9. The van der Waals surface area contributed by atoms with Crippen molar-refractivity contribution in [3.8, 4) is 11.5 Å². The average Bonchev–Trinajstić information content (AvgIpc) is 3.27. The van der Waals surface area contributed by atoms with Crippen molar-refractivity contribution < 1.29 is 19.1 Å². The van der Waals surface area contributed by atoms with Crippen LogP contribution in [0.5, 0.6) is 11.5 Å². The van der Waals surface area contributed by atoms with Crippen LogP contribution in [0, 0.1) is 5.92 Å². The van der Waals surface area contributed by atoms with Crippen LogP contribution in [0.25, 0.3) is 0 Å². The molecule has 7 nitrogen and oxygen atoms in total. The first-order valence-electron chi connectivity index (χ1n) is 10.9. The smallest absolute Gasteiger partial charge is 0.247 e. The largest absolute Gasteiger partial charge is 0.454 e.